The summed E-state index contributed by atoms with van der Waals surface area (Å²) in [6.07, 6.45) is 4.38. The molecule has 0 radical (unpaired) electrons. The van der Waals surface area contributed by atoms with E-state index in [2.05, 4.69) is 36.9 Å². The lowest BCUT2D eigenvalue weighted by Crippen LogP contribution is -2.47. The molecule has 3 unspecified atom stereocenters. The Hall–Kier alpha value is -1.60. The molecule has 3 N–H and O–H groups in total. The van der Waals surface area contributed by atoms with Crippen molar-refractivity contribution in [2.45, 2.75) is 57.8 Å². The number of hydrogen-bond donors (Lipinski definition) is 3. The van der Waals surface area contributed by atoms with E-state index in [1.807, 2.05) is 32.0 Å². The van der Waals surface area contributed by atoms with E-state index in [0.717, 1.165) is 41.1 Å². The van der Waals surface area contributed by atoms with Gasteiger partial charge in [0.2, 0.25) is 5.91 Å². The van der Waals surface area contributed by atoms with Crippen LogP contribution in [0.15, 0.2) is 27.7 Å². The zero-order valence-corrected chi connectivity index (χ0v) is 16.9. The molecule has 0 saturated carbocycles. The lowest BCUT2D eigenvalue weighted by atomic mass is 9.96. The van der Waals surface area contributed by atoms with Gasteiger partial charge in [0.05, 0.1) is 24.8 Å². The van der Waals surface area contributed by atoms with Crippen LogP contribution in [-0.4, -0.2) is 43.2 Å². The minimum atomic E-state index is -0.0333. The quantitative estimate of drug-likeness (QED) is 0.486. The summed E-state index contributed by atoms with van der Waals surface area (Å²) in [5, 5.41) is 9.67. The summed E-state index contributed by atoms with van der Waals surface area (Å²) < 4.78 is 6.83. The zero-order valence-electron chi connectivity index (χ0n) is 15.3. The standard InChI is InChI=1S/C19H27BrN4O2/c1-3-21-19(24-16-11-14-6-7-17(16)26-14)22-9-8-18(25)23-15-10-13(20)5-4-12(15)2/h4-5,10,14,16-17H,3,6-9,11H2,1-2H3,(H,23,25)(H2,21,22,24). The molecule has 2 saturated heterocycles. The lowest BCUT2D eigenvalue weighted by molar-refractivity contribution is -0.116. The van der Waals surface area contributed by atoms with Gasteiger partial charge < -0.3 is 20.7 Å². The summed E-state index contributed by atoms with van der Waals surface area (Å²) in [5.41, 5.74) is 1.87. The number of ether oxygens (including phenoxy) is 1. The van der Waals surface area contributed by atoms with Gasteiger partial charge in [-0.15, -0.1) is 0 Å². The highest BCUT2D eigenvalue weighted by Gasteiger charge is 2.41. The number of rotatable bonds is 6. The number of guanidine groups is 1. The van der Waals surface area contributed by atoms with Gasteiger partial charge in [-0.05, 0) is 50.8 Å². The SMILES string of the molecule is CCNC(=NCCC(=O)Nc1cc(Br)ccc1C)NC1CC2CCC1O2. The number of amides is 1. The van der Waals surface area contributed by atoms with E-state index >= 15 is 0 Å². The van der Waals surface area contributed by atoms with Gasteiger partial charge in [0.25, 0.3) is 0 Å². The Morgan fingerprint density at radius 2 is 2.23 bits per heavy atom. The number of fused-ring (bicyclic) bond motifs is 2. The van der Waals surface area contributed by atoms with Crippen LogP contribution in [0.2, 0.25) is 0 Å². The lowest BCUT2D eigenvalue weighted by Gasteiger charge is -2.22. The number of nitrogens with one attached hydrogen (secondary N) is 3. The number of hydrogen-bond acceptors (Lipinski definition) is 3. The van der Waals surface area contributed by atoms with Crippen molar-refractivity contribution in [2.24, 2.45) is 4.99 Å². The Morgan fingerprint density at radius 1 is 1.38 bits per heavy atom. The molecule has 1 amide bonds. The summed E-state index contributed by atoms with van der Waals surface area (Å²) in [7, 11) is 0. The van der Waals surface area contributed by atoms with Gasteiger partial charge in [0, 0.05) is 23.1 Å². The maximum atomic E-state index is 12.2. The van der Waals surface area contributed by atoms with E-state index in [1.165, 1.54) is 6.42 Å². The van der Waals surface area contributed by atoms with Crippen molar-refractivity contribution in [3.63, 3.8) is 0 Å². The number of aryl methyl sites for hydroxylation is 1. The summed E-state index contributed by atoms with van der Waals surface area (Å²) in [4.78, 5) is 16.8. The fourth-order valence-electron chi connectivity index (χ4n) is 3.50. The first kappa shape index (κ1) is 19.2. The van der Waals surface area contributed by atoms with Gasteiger partial charge in [-0.1, -0.05) is 22.0 Å². The minimum Gasteiger partial charge on any atom is -0.373 e. The molecule has 0 aliphatic carbocycles. The van der Waals surface area contributed by atoms with Crippen molar-refractivity contribution in [1.82, 2.24) is 10.6 Å². The molecule has 2 bridgehead atoms. The molecule has 26 heavy (non-hydrogen) atoms. The van der Waals surface area contributed by atoms with Gasteiger partial charge in [0.15, 0.2) is 5.96 Å². The minimum absolute atomic E-state index is 0.0333. The third-order valence-corrected chi connectivity index (χ3v) is 5.35. The molecule has 2 aliphatic heterocycles. The van der Waals surface area contributed by atoms with Crippen molar-refractivity contribution < 1.29 is 9.53 Å². The van der Waals surface area contributed by atoms with E-state index in [-0.39, 0.29) is 5.91 Å². The first-order valence-electron chi connectivity index (χ1n) is 9.31. The maximum absolute atomic E-state index is 12.2. The number of benzene rings is 1. The van der Waals surface area contributed by atoms with Crippen molar-refractivity contribution >= 4 is 33.5 Å². The van der Waals surface area contributed by atoms with Crippen LogP contribution in [0.1, 0.15) is 38.2 Å². The Balaban J connectivity index is 1.49. The first-order chi connectivity index (χ1) is 12.5. The average Bonchev–Trinajstić information content (AvgIpc) is 3.21. The van der Waals surface area contributed by atoms with E-state index in [9.17, 15) is 4.79 Å². The predicted molar refractivity (Wildman–Crippen MR) is 108 cm³/mol. The molecule has 1 aromatic carbocycles. The van der Waals surface area contributed by atoms with Gasteiger partial charge in [-0.3, -0.25) is 9.79 Å². The van der Waals surface area contributed by atoms with Crippen LogP contribution < -0.4 is 16.0 Å². The zero-order chi connectivity index (χ0) is 18.5. The highest BCUT2D eigenvalue weighted by molar-refractivity contribution is 9.10. The van der Waals surface area contributed by atoms with Crippen molar-refractivity contribution in [2.75, 3.05) is 18.4 Å². The second-order valence-electron chi connectivity index (χ2n) is 6.88. The van der Waals surface area contributed by atoms with Gasteiger partial charge in [-0.2, -0.15) is 0 Å². The van der Waals surface area contributed by atoms with Crippen LogP contribution in [0.25, 0.3) is 0 Å². The van der Waals surface area contributed by atoms with Crippen LogP contribution in [0.4, 0.5) is 5.69 Å². The molecule has 6 nitrogen and oxygen atoms in total. The molecular formula is C19H27BrN4O2. The monoisotopic (exact) mass is 422 g/mol. The highest BCUT2D eigenvalue weighted by Crippen LogP contribution is 2.34. The van der Waals surface area contributed by atoms with Crippen molar-refractivity contribution in [3.8, 4) is 0 Å². The fourth-order valence-corrected chi connectivity index (χ4v) is 3.86. The molecule has 2 fully saturated rings. The van der Waals surface area contributed by atoms with Crippen LogP contribution >= 0.6 is 15.9 Å². The van der Waals surface area contributed by atoms with E-state index in [4.69, 9.17) is 4.74 Å². The highest BCUT2D eigenvalue weighted by atomic mass is 79.9. The van der Waals surface area contributed by atoms with Crippen molar-refractivity contribution in [3.05, 3.63) is 28.2 Å². The second kappa shape index (κ2) is 8.86. The van der Waals surface area contributed by atoms with E-state index in [1.54, 1.807) is 0 Å². The van der Waals surface area contributed by atoms with Gasteiger partial charge in [0.1, 0.15) is 0 Å². The molecule has 2 heterocycles. The molecule has 1 aromatic rings. The Kier molecular flexibility index (Phi) is 6.53. The van der Waals surface area contributed by atoms with Crippen LogP contribution in [0.3, 0.4) is 0 Å². The molecule has 2 aliphatic rings. The summed E-state index contributed by atoms with van der Waals surface area (Å²) >= 11 is 3.43. The van der Waals surface area contributed by atoms with E-state index < -0.39 is 0 Å². The number of nitrogens with zero attached hydrogens (tertiary/aromatic N) is 1. The van der Waals surface area contributed by atoms with Crippen LogP contribution in [-0.2, 0) is 9.53 Å². The molecule has 0 aromatic heterocycles. The second-order valence-corrected chi connectivity index (χ2v) is 7.79. The van der Waals surface area contributed by atoms with E-state index in [0.29, 0.717) is 31.2 Å². The summed E-state index contributed by atoms with van der Waals surface area (Å²) in [6, 6.07) is 6.17. The molecule has 142 valence electrons. The third-order valence-electron chi connectivity index (χ3n) is 4.85. The van der Waals surface area contributed by atoms with Crippen LogP contribution in [0, 0.1) is 6.92 Å². The smallest absolute Gasteiger partial charge is 0.226 e. The molecule has 3 rings (SSSR count). The van der Waals surface area contributed by atoms with Crippen molar-refractivity contribution in [1.29, 1.82) is 0 Å². The van der Waals surface area contributed by atoms with Gasteiger partial charge >= 0.3 is 0 Å². The number of anilines is 1. The topological polar surface area (TPSA) is 74.8 Å². The Morgan fingerprint density at radius 3 is 2.92 bits per heavy atom. The number of carbonyl (C=O) groups excluding carboxylic acids is 1. The molecule has 3 atom stereocenters. The first-order valence-corrected chi connectivity index (χ1v) is 10.1. The number of aliphatic imine (C=N–C) groups is 1. The third kappa shape index (κ3) is 4.98. The number of carbonyl (C=O) groups is 1. The predicted octanol–water partition coefficient (Wildman–Crippen LogP) is 2.96. The maximum Gasteiger partial charge on any atom is 0.226 e. The number of halogens is 1. The van der Waals surface area contributed by atoms with Gasteiger partial charge in [-0.25, -0.2) is 0 Å². The largest absolute Gasteiger partial charge is 0.373 e. The fraction of sp³-hybridized carbons (Fsp3) is 0.579. The normalized spacial score (nSPS) is 24.6. The average molecular weight is 423 g/mol. The summed E-state index contributed by atoms with van der Waals surface area (Å²) in [5.74, 6) is 0.731. The molecule has 7 heteroatoms. The summed E-state index contributed by atoms with van der Waals surface area (Å²) in [6.45, 7) is 5.24. The Labute approximate surface area is 163 Å². The Bertz CT molecular complexity index is 680. The molecule has 0 spiro atoms. The van der Waals surface area contributed by atoms with Crippen LogP contribution in [0.5, 0.6) is 0 Å². The molecular weight excluding hydrogens is 396 g/mol.